The van der Waals surface area contributed by atoms with Crippen molar-refractivity contribution in [1.29, 1.82) is 5.26 Å². The average molecular weight is 384 g/mol. The molecule has 1 aliphatic rings. The summed E-state index contributed by atoms with van der Waals surface area (Å²) in [5.74, 6) is 0.680. The second-order valence-electron chi connectivity index (χ2n) is 7.19. The third-order valence-electron chi connectivity index (χ3n) is 4.54. The van der Waals surface area contributed by atoms with Crippen LogP contribution in [-0.2, 0) is 4.79 Å². The van der Waals surface area contributed by atoms with E-state index in [9.17, 15) is 9.59 Å². The minimum absolute atomic E-state index is 0.0749. The molecule has 0 bridgehead atoms. The van der Waals surface area contributed by atoms with Crippen LogP contribution >= 0.6 is 0 Å². The maximum absolute atomic E-state index is 12.8. The first-order valence-electron chi connectivity index (χ1n) is 9.51. The van der Waals surface area contributed by atoms with Gasteiger partial charge in [0.2, 0.25) is 5.91 Å². The molecule has 0 saturated carbocycles. The van der Waals surface area contributed by atoms with Gasteiger partial charge in [-0.15, -0.1) is 0 Å². The molecule has 0 fully saturated rings. The Hall–Kier alpha value is -3.01. The minimum atomic E-state index is -0.666. The molecule has 0 saturated heterocycles. The number of carbonyl (C=O) groups is 2. The van der Waals surface area contributed by atoms with Gasteiger partial charge >= 0.3 is 6.03 Å². The summed E-state index contributed by atoms with van der Waals surface area (Å²) in [5, 5.41) is 14.0. The molecule has 1 aromatic rings. The van der Waals surface area contributed by atoms with E-state index in [4.69, 9.17) is 10.00 Å². The lowest BCUT2D eigenvalue weighted by molar-refractivity contribution is -0.123. The third kappa shape index (κ3) is 6.02. The van der Waals surface area contributed by atoms with Gasteiger partial charge in [0.25, 0.3) is 0 Å². The number of hydrogen-bond acceptors (Lipinski definition) is 4. The number of urea groups is 1. The molecule has 0 spiro atoms. The molecule has 2 N–H and O–H groups in total. The molecular weight excluding hydrogens is 356 g/mol. The van der Waals surface area contributed by atoms with E-state index in [-0.39, 0.29) is 24.4 Å². The maximum atomic E-state index is 12.8. The lowest BCUT2D eigenvalue weighted by Crippen LogP contribution is -2.51. The van der Waals surface area contributed by atoms with Gasteiger partial charge in [0.05, 0.1) is 13.2 Å². The Bertz CT molecular complexity index is 750. The van der Waals surface area contributed by atoms with Crippen LogP contribution < -0.4 is 15.4 Å². The quantitative estimate of drug-likeness (QED) is 0.707. The molecule has 3 amide bonds. The number of rotatable bonds is 7. The fourth-order valence-electron chi connectivity index (χ4n) is 3.13. The largest absolute Gasteiger partial charge is 0.497 e. The number of nitrogens with zero attached hydrogens (tertiary/aromatic N) is 2. The average Bonchev–Trinajstić information content (AvgIpc) is 2.71. The van der Waals surface area contributed by atoms with Gasteiger partial charge in [-0.05, 0) is 48.4 Å². The second kappa shape index (κ2) is 10.4. The van der Waals surface area contributed by atoms with Crippen LogP contribution in [0, 0.1) is 17.2 Å². The van der Waals surface area contributed by atoms with Crippen LogP contribution in [0.25, 0.3) is 5.57 Å². The molecule has 1 unspecified atom stereocenters. The zero-order valence-corrected chi connectivity index (χ0v) is 16.7. The number of nitriles is 1. The lowest BCUT2D eigenvalue weighted by Gasteiger charge is -2.28. The van der Waals surface area contributed by atoms with E-state index in [2.05, 4.69) is 10.6 Å². The molecule has 1 aromatic carbocycles. The second-order valence-corrected chi connectivity index (χ2v) is 7.19. The summed E-state index contributed by atoms with van der Waals surface area (Å²) in [7, 11) is 1.63. The van der Waals surface area contributed by atoms with E-state index in [0.29, 0.717) is 13.0 Å². The normalized spacial score (nSPS) is 14.7. The number of hydrogen-bond donors (Lipinski definition) is 2. The van der Waals surface area contributed by atoms with E-state index >= 15 is 0 Å². The molecule has 2 rings (SSSR count). The molecule has 1 aliphatic heterocycles. The first-order chi connectivity index (χ1) is 13.4. The highest BCUT2D eigenvalue weighted by molar-refractivity contribution is 5.88. The van der Waals surface area contributed by atoms with Crippen molar-refractivity contribution in [2.24, 2.45) is 5.92 Å². The van der Waals surface area contributed by atoms with Gasteiger partial charge in [0.1, 0.15) is 18.3 Å². The Kier molecular flexibility index (Phi) is 7.88. The van der Waals surface area contributed by atoms with Crippen molar-refractivity contribution in [3.05, 3.63) is 36.0 Å². The summed E-state index contributed by atoms with van der Waals surface area (Å²) in [6, 6.07) is 8.66. The zero-order valence-electron chi connectivity index (χ0n) is 16.7. The highest BCUT2D eigenvalue weighted by atomic mass is 16.5. The highest BCUT2D eigenvalue weighted by Crippen LogP contribution is 2.26. The molecule has 0 aliphatic carbocycles. The number of ether oxygens (including phenoxy) is 1. The number of nitrogens with one attached hydrogen (secondary N) is 2. The zero-order chi connectivity index (χ0) is 20.5. The monoisotopic (exact) mass is 384 g/mol. The van der Waals surface area contributed by atoms with Gasteiger partial charge in [0, 0.05) is 12.7 Å². The van der Waals surface area contributed by atoms with Crippen LogP contribution in [0.5, 0.6) is 5.75 Å². The minimum Gasteiger partial charge on any atom is -0.497 e. The van der Waals surface area contributed by atoms with Crippen molar-refractivity contribution in [2.45, 2.75) is 39.2 Å². The summed E-state index contributed by atoms with van der Waals surface area (Å²) < 4.78 is 5.19. The SMILES string of the molecule is COc1ccc(C2=CN(C(=O)NC(CC(C)C)C(=O)NCC#N)CCC2)cc1. The Morgan fingerprint density at radius 2 is 2.00 bits per heavy atom. The fraction of sp³-hybridized carbons (Fsp3) is 0.476. The number of benzene rings is 1. The number of allylic oxidation sites excluding steroid dienone is 1. The van der Waals surface area contributed by atoms with Gasteiger partial charge in [-0.1, -0.05) is 26.0 Å². The van der Waals surface area contributed by atoms with E-state index in [0.717, 1.165) is 29.7 Å². The Balaban J connectivity index is 2.09. The van der Waals surface area contributed by atoms with Crippen molar-refractivity contribution >= 4 is 17.5 Å². The van der Waals surface area contributed by atoms with Gasteiger partial charge in [0.15, 0.2) is 0 Å². The smallest absolute Gasteiger partial charge is 0.322 e. The molecule has 0 radical (unpaired) electrons. The van der Waals surface area contributed by atoms with Crippen molar-refractivity contribution in [2.75, 3.05) is 20.2 Å². The van der Waals surface area contributed by atoms with E-state index in [1.54, 1.807) is 12.0 Å². The summed E-state index contributed by atoms with van der Waals surface area (Å²) in [6.45, 7) is 4.49. The standard InChI is InChI=1S/C21H28N4O3/c1-15(2)13-19(20(26)23-11-10-22)24-21(27)25-12-4-5-17(14-25)16-6-8-18(28-3)9-7-16/h6-9,14-15,19H,4-5,11-13H2,1-3H3,(H,23,26)(H,24,27). The summed E-state index contributed by atoms with van der Waals surface area (Å²) in [5.41, 5.74) is 2.11. The van der Waals surface area contributed by atoms with Crippen molar-refractivity contribution in [1.82, 2.24) is 15.5 Å². The topological polar surface area (TPSA) is 94.5 Å². The van der Waals surface area contributed by atoms with E-state index in [1.165, 1.54) is 0 Å². The molecule has 0 aromatic heterocycles. The van der Waals surface area contributed by atoms with E-state index in [1.807, 2.05) is 50.4 Å². The molecular formula is C21H28N4O3. The predicted molar refractivity (Wildman–Crippen MR) is 107 cm³/mol. The van der Waals surface area contributed by atoms with Gasteiger partial charge in [-0.2, -0.15) is 5.26 Å². The van der Waals surface area contributed by atoms with Crippen LogP contribution in [0.15, 0.2) is 30.5 Å². The van der Waals surface area contributed by atoms with Crippen LogP contribution in [0.1, 0.15) is 38.7 Å². The summed E-state index contributed by atoms with van der Waals surface area (Å²) in [4.78, 5) is 26.6. The Morgan fingerprint density at radius 3 is 2.61 bits per heavy atom. The maximum Gasteiger partial charge on any atom is 0.322 e. The number of carbonyl (C=O) groups excluding carboxylic acids is 2. The molecule has 1 atom stereocenters. The molecule has 7 nitrogen and oxygen atoms in total. The van der Waals surface area contributed by atoms with Crippen molar-refractivity contribution in [3.63, 3.8) is 0 Å². The predicted octanol–water partition coefficient (Wildman–Crippen LogP) is 2.90. The number of amides is 3. The summed E-state index contributed by atoms with van der Waals surface area (Å²) in [6.07, 6.45) is 4.08. The van der Waals surface area contributed by atoms with Gasteiger partial charge < -0.3 is 20.3 Å². The molecule has 150 valence electrons. The van der Waals surface area contributed by atoms with Crippen molar-refractivity contribution < 1.29 is 14.3 Å². The molecule has 7 heteroatoms. The van der Waals surface area contributed by atoms with Gasteiger partial charge in [-0.25, -0.2) is 4.79 Å². The first kappa shape index (κ1) is 21.3. The van der Waals surface area contributed by atoms with Crippen LogP contribution in [0.3, 0.4) is 0 Å². The van der Waals surface area contributed by atoms with Crippen LogP contribution in [0.2, 0.25) is 0 Å². The highest BCUT2D eigenvalue weighted by Gasteiger charge is 2.25. The number of methoxy groups -OCH3 is 1. The lowest BCUT2D eigenvalue weighted by atomic mass is 9.99. The fourth-order valence-corrected chi connectivity index (χ4v) is 3.13. The Morgan fingerprint density at radius 1 is 1.29 bits per heavy atom. The van der Waals surface area contributed by atoms with Gasteiger partial charge in [-0.3, -0.25) is 4.79 Å². The molecule has 1 heterocycles. The van der Waals surface area contributed by atoms with E-state index < -0.39 is 6.04 Å². The first-order valence-corrected chi connectivity index (χ1v) is 9.51. The molecule has 28 heavy (non-hydrogen) atoms. The third-order valence-corrected chi connectivity index (χ3v) is 4.54. The Labute approximate surface area is 166 Å². The van der Waals surface area contributed by atoms with Crippen LogP contribution in [-0.4, -0.2) is 43.1 Å². The summed E-state index contributed by atoms with van der Waals surface area (Å²) >= 11 is 0. The van der Waals surface area contributed by atoms with Crippen LogP contribution in [0.4, 0.5) is 4.79 Å². The van der Waals surface area contributed by atoms with Crippen molar-refractivity contribution in [3.8, 4) is 11.8 Å².